The van der Waals surface area contributed by atoms with Gasteiger partial charge in [-0.15, -0.1) is 12.7 Å². The molecule has 1 amide bonds. The molecule has 0 radical (unpaired) electrons. The molecule has 1 aromatic heterocycles. The minimum absolute atomic E-state index is 0. The van der Waals surface area contributed by atoms with Gasteiger partial charge in [0, 0.05) is 29.8 Å². The maximum atomic E-state index is 12.5. The van der Waals surface area contributed by atoms with E-state index in [0.29, 0.717) is 17.0 Å². The number of aliphatic imine (C=N–C) groups is 1. The second-order valence-electron chi connectivity index (χ2n) is 7.38. The van der Waals surface area contributed by atoms with Crippen molar-refractivity contribution < 1.29 is 56.2 Å². The Labute approximate surface area is 244 Å². The first-order valence-electron chi connectivity index (χ1n) is 10.6. The molecule has 0 saturated heterocycles. The molecule has 3 rings (SSSR count). The molecule has 0 bridgehead atoms. The van der Waals surface area contributed by atoms with Gasteiger partial charge in [-0.2, -0.15) is 12.7 Å². The van der Waals surface area contributed by atoms with Crippen LogP contribution in [0.25, 0.3) is 0 Å². The van der Waals surface area contributed by atoms with Crippen LogP contribution in [0.3, 0.4) is 0 Å². The Hall–Kier alpha value is -2.68. The largest absolute Gasteiger partial charge is 1.00 e. The van der Waals surface area contributed by atoms with Gasteiger partial charge in [0.15, 0.2) is 0 Å². The van der Waals surface area contributed by atoms with Crippen molar-refractivity contribution in [1.29, 1.82) is 0 Å². The number of amides is 1. The molecule has 34 heavy (non-hydrogen) atoms. The van der Waals surface area contributed by atoms with Crippen LogP contribution in [0.15, 0.2) is 96.9 Å². The van der Waals surface area contributed by atoms with E-state index in [1.165, 1.54) is 0 Å². The Balaban J connectivity index is 0.00000408. The molecule has 0 aliphatic carbocycles. The molecule has 0 fully saturated rings. The maximum Gasteiger partial charge on any atom is 1.00 e. The van der Waals surface area contributed by atoms with Gasteiger partial charge in [-0.05, 0) is 55.3 Å². The molecule has 0 aliphatic rings. The fourth-order valence-electron chi connectivity index (χ4n) is 2.96. The number of anilines is 2. The van der Waals surface area contributed by atoms with Crippen LogP contribution in [-0.4, -0.2) is 16.6 Å². The summed E-state index contributed by atoms with van der Waals surface area (Å²) in [5, 5.41) is 9.26. The number of hydrogen-bond acceptors (Lipinski definition) is 5. The molecule has 7 heteroatoms. The number of rotatable bonds is 10. The van der Waals surface area contributed by atoms with Crippen LogP contribution < -0.4 is 67.3 Å². The first-order chi connectivity index (χ1) is 16.0. The van der Waals surface area contributed by atoms with E-state index in [0.717, 1.165) is 16.8 Å². The van der Waals surface area contributed by atoms with Gasteiger partial charge in [0.05, 0.1) is 5.56 Å². The third-order valence-corrected chi connectivity index (χ3v) is 4.73. The number of pyridine rings is 1. The van der Waals surface area contributed by atoms with E-state index in [2.05, 4.69) is 38.7 Å². The van der Waals surface area contributed by atoms with Crippen molar-refractivity contribution in [2.24, 2.45) is 4.99 Å². The summed E-state index contributed by atoms with van der Waals surface area (Å²) in [4.78, 5) is 20.9. The number of nitrogens with one attached hydrogen (secondary N) is 3. The number of benzene rings is 2. The summed E-state index contributed by atoms with van der Waals surface area (Å²) in [5.41, 5.74) is 4.82. The molecule has 0 spiro atoms. The molecule has 168 valence electrons. The van der Waals surface area contributed by atoms with E-state index < -0.39 is 0 Å². The van der Waals surface area contributed by atoms with Gasteiger partial charge >= 0.3 is 51.4 Å². The fourth-order valence-corrected chi connectivity index (χ4v) is 2.96. The first kappa shape index (κ1) is 27.6. The van der Waals surface area contributed by atoms with Gasteiger partial charge < -0.3 is 27.1 Å². The number of aryl methyl sites for hydroxylation is 1. The zero-order valence-corrected chi connectivity index (χ0v) is 22.9. The Morgan fingerprint density at radius 1 is 1.12 bits per heavy atom. The van der Waals surface area contributed by atoms with Crippen molar-refractivity contribution in [3.63, 3.8) is 0 Å². The zero-order valence-electron chi connectivity index (χ0n) is 19.7. The van der Waals surface area contributed by atoms with Crippen molar-refractivity contribution >= 4 is 23.0 Å². The first-order valence-corrected chi connectivity index (χ1v) is 10.6. The van der Waals surface area contributed by atoms with E-state index in [9.17, 15) is 4.79 Å². The van der Waals surface area contributed by atoms with Crippen molar-refractivity contribution in [1.82, 2.24) is 10.3 Å². The molecule has 1 heterocycles. The maximum absolute atomic E-state index is 12.5. The second-order valence-corrected chi connectivity index (χ2v) is 7.38. The van der Waals surface area contributed by atoms with Crippen LogP contribution in [-0.2, 0) is 0 Å². The summed E-state index contributed by atoms with van der Waals surface area (Å²) < 4.78 is 0. The van der Waals surface area contributed by atoms with Gasteiger partial charge in [0.2, 0.25) is 0 Å². The van der Waals surface area contributed by atoms with E-state index in [1.54, 1.807) is 37.3 Å². The summed E-state index contributed by atoms with van der Waals surface area (Å²) in [5.74, 6) is -0.193. The van der Waals surface area contributed by atoms with E-state index in [-0.39, 0.29) is 63.3 Å². The molecule has 1 atom stereocenters. The van der Waals surface area contributed by atoms with Gasteiger partial charge in [-0.3, -0.25) is 9.78 Å². The summed E-state index contributed by atoms with van der Waals surface area (Å²) >= 11 is 0. The van der Waals surface area contributed by atoms with Crippen LogP contribution in [0.2, 0.25) is 0 Å². The van der Waals surface area contributed by atoms with E-state index >= 15 is 0 Å². The second kappa shape index (κ2) is 14.6. The summed E-state index contributed by atoms with van der Waals surface area (Å²) in [6.45, 7) is 9.48. The van der Waals surface area contributed by atoms with Crippen LogP contribution >= 0.6 is 0 Å². The third-order valence-electron chi connectivity index (χ3n) is 4.73. The standard InChI is InChI=1S/C27H27N5O.K/c1-4-24(19-31-25-10-6-5-7-11-25)30-14-13-29-21(3)22-9-8-12-26(16-22)32-27(33)23-15-20(2)17-28-18-23;/h4-12,14-19,21,29,31H,1H2,2-3H3,(H,32,33);/q-2;+1. The minimum atomic E-state index is -0.193. The van der Waals surface area contributed by atoms with Gasteiger partial charge in [0.1, 0.15) is 0 Å². The normalized spacial score (nSPS) is 11.8. The predicted molar refractivity (Wildman–Crippen MR) is 135 cm³/mol. The van der Waals surface area contributed by atoms with Crippen LogP contribution in [0.5, 0.6) is 0 Å². The topological polar surface area (TPSA) is 78.4 Å². The number of hydrogen-bond donors (Lipinski definition) is 3. The van der Waals surface area contributed by atoms with Crippen molar-refractivity contribution in [3.05, 3.63) is 121 Å². The van der Waals surface area contributed by atoms with E-state index in [4.69, 9.17) is 0 Å². The van der Waals surface area contributed by atoms with Gasteiger partial charge in [-0.25, -0.2) is 0 Å². The Morgan fingerprint density at radius 3 is 2.62 bits per heavy atom. The van der Waals surface area contributed by atoms with Gasteiger partial charge in [0.25, 0.3) is 5.91 Å². The number of aromatic nitrogens is 1. The molecule has 0 aliphatic heterocycles. The summed E-state index contributed by atoms with van der Waals surface area (Å²) in [6, 6.07) is 19.3. The summed E-state index contributed by atoms with van der Waals surface area (Å²) in [6.07, 6.45) is 9.48. The Bertz CT molecular complexity index is 1140. The van der Waals surface area contributed by atoms with Crippen molar-refractivity contribution in [2.75, 3.05) is 10.6 Å². The Kier molecular flexibility index (Phi) is 11.8. The number of carbonyl (C=O) groups is 1. The quantitative estimate of drug-likeness (QED) is 0.182. The number of para-hydroxylation sites is 1. The molecule has 3 aromatic rings. The van der Waals surface area contributed by atoms with Crippen molar-refractivity contribution in [3.8, 4) is 0 Å². The van der Waals surface area contributed by atoms with Crippen LogP contribution in [0, 0.1) is 19.7 Å². The van der Waals surface area contributed by atoms with E-state index in [1.807, 2.05) is 68.4 Å². The molecule has 2 aromatic carbocycles. The minimum Gasteiger partial charge on any atom is -0.560 e. The third kappa shape index (κ3) is 8.93. The predicted octanol–water partition coefficient (Wildman–Crippen LogP) is 2.47. The molecular formula is C27H27KN5O-. The van der Waals surface area contributed by atoms with Gasteiger partial charge in [-0.1, -0.05) is 36.0 Å². The molecular weight excluding hydrogens is 449 g/mol. The number of carbonyl (C=O) groups excluding carboxylic acids is 1. The SMILES string of the molecule is C=CC([CH-]Nc1ccccc1)=NC=[C-]NC(C)c1cccc(NC(=O)c2cncc(C)c2)c1.[K+]. The van der Waals surface area contributed by atoms with Crippen molar-refractivity contribution in [2.45, 2.75) is 19.9 Å². The number of nitrogens with zero attached hydrogens (tertiary/aromatic N) is 2. The van der Waals surface area contributed by atoms with Crippen LogP contribution in [0.4, 0.5) is 11.4 Å². The molecule has 6 nitrogen and oxygen atoms in total. The molecule has 0 saturated carbocycles. The zero-order chi connectivity index (χ0) is 23.5. The average molecular weight is 477 g/mol. The summed E-state index contributed by atoms with van der Waals surface area (Å²) in [7, 11) is 0. The molecule has 3 N–H and O–H groups in total. The molecule has 1 unspecified atom stereocenters. The monoisotopic (exact) mass is 476 g/mol. The Morgan fingerprint density at radius 2 is 1.88 bits per heavy atom. The smallest absolute Gasteiger partial charge is 0.560 e. The fraction of sp³-hybridized carbons (Fsp3) is 0.111. The average Bonchev–Trinajstić information content (AvgIpc) is 2.84. The van der Waals surface area contributed by atoms with Crippen LogP contribution in [0.1, 0.15) is 34.5 Å².